The zero-order valence-corrected chi connectivity index (χ0v) is 22.5. The average molecular weight is 1020 g/mol. The van der Waals surface area contributed by atoms with Crippen molar-refractivity contribution in [1.82, 2.24) is 0 Å². The van der Waals surface area contributed by atoms with E-state index < -0.39 is 0 Å². The summed E-state index contributed by atoms with van der Waals surface area (Å²) in [4.78, 5) is 0. The monoisotopic (exact) mass is 1020 g/mol. The molecule has 1 nitrogen and oxygen atoms in total. The van der Waals surface area contributed by atoms with Gasteiger partial charge in [0.05, 0.1) is 0 Å². The van der Waals surface area contributed by atoms with Crippen molar-refractivity contribution in [2.24, 2.45) is 0 Å². The van der Waals surface area contributed by atoms with Crippen LogP contribution in [0.5, 0.6) is 0 Å². The molecule has 0 rings (SSSR count). The molecular weight excluding hydrogens is 1020 g/mol. The van der Waals surface area contributed by atoms with Crippen LogP contribution in [0.4, 0.5) is 0 Å². The fraction of sp³-hybridized carbons (Fsp3) is 0. The van der Waals surface area contributed by atoms with Crippen LogP contribution < -0.4 is 0 Å². The summed E-state index contributed by atoms with van der Waals surface area (Å²) in [6.07, 6.45) is 0. The molecule has 0 aliphatic carbocycles. The first-order valence-electron chi connectivity index (χ1n) is 0.471. The Hall–Kier alpha value is 5.23. The number of rotatable bonds is 0. The topological polar surface area (TPSA) is 9.23 Å². The molecule has 0 aromatic rings. The first-order chi connectivity index (χ1) is 1.41. The van der Waals surface area contributed by atoms with Crippen LogP contribution in [-0.4, -0.2) is 33.2 Å². The van der Waals surface area contributed by atoms with Gasteiger partial charge < -0.3 is 2.84 Å². The van der Waals surface area contributed by atoms with Crippen molar-refractivity contribution >= 4 is 33.2 Å². The summed E-state index contributed by atoms with van der Waals surface area (Å²) in [6, 6.07) is 0. The van der Waals surface area contributed by atoms with E-state index in [4.69, 9.17) is 0 Å². The Labute approximate surface area is 156 Å². The first-order valence-corrected chi connectivity index (χ1v) is 1.41. The molecule has 0 aliphatic rings. The molecule has 7 heavy (non-hydrogen) atoms. The molecule has 0 aliphatic heterocycles. The molecule has 0 aromatic carbocycles. The van der Waals surface area contributed by atoms with Crippen molar-refractivity contribution in [2.75, 3.05) is 0 Å². The van der Waals surface area contributed by atoms with Gasteiger partial charge in [0.15, 0.2) is 0 Å². The molecule has 0 heterocycles. The van der Waals surface area contributed by atoms with Gasteiger partial charge >= 0.3 is 33.2 Å². The summed E-state index contributed by atoms with van der Waals surface area (Å²) in [5.74, 6) is 0. The third kappa shape index (κ3) is 35.0. The fourth-order valence-electron chi connectivity index (χ4n) is 0. The first kappa shape index (κ1) is 29.5. The van der Waals surface area contributed by atoms with Crippen LogP contribution in [0.1, 0.15) is 0 Å². The van der Waals surface area contributed by atoms with Crippen LogP contribution in [0.25, 0.3) is 0 Å². The third-order valence-corrected chi connectivity index (χ3v) is 0. The summed E-state index contributed by atoms with van der Waals surface area (Å²) in [6.45, 7) is 0. The minimum atomic E-state index is 0. The second kappa shape index (κ2) is 30.3. The van der Waals surface area contributed by atoms with Crippen LogP contribution in [0, 0.1) is 124 Å². The Morgan fingerprint density at radius 3 is 0.714 bits per heavy atom. The molecule has 0 amide bonds. The van der Waals surface area contributed by atoms with Crippen LogP contribution in [0.15, 0.2) is 0 Å². The van der Waals surface area contributed by atoms with Crippen molar-refractivity contribution in [2.45, 2.75) is 0 Å². The molecular formula is Al2OU4. The Balaban J connectivity index is -0.00000000333. The van der Waals surface area contributed by atoms with Crippen molar-refractivity contribution in [3.63, 3.8) is 0 Å². The fourth-order valence-corrected chi connectivity index (χ4v) is 0. The van der Waals surface area contributed by atoms with E-state index in [9.17, 15) is 0 Å². The zero-order valence-electron chi connectivity index (χ0n) is 3.56. The quantitative estimate of drug-likeness (QED) is 0.289. The molecule has 0 bridgehead atoms. The molecule has 28 valence electrons. The Kier molecular flexibility index (Phi) is 128. The molecule has 0 aromatic heterocycles. The molecule has 7 heteroatoms. The molecule has 0 saturated heterocycles. The van der Waals surface area contributed by atoms with Crippen LogP contribution in [0.2, 0.25) is 0 Å². The largest absolute Gasteiger partial charge is 0.663 e. The Bertz CT molecular complexity index is 9.65. The van der Waals surface area contributed by atoms with E-state index in [1.54, 1.807) is 0 Å². The van der Waals surface area contributed by atoms with E-state index in [0.717, 1.165) is 0 Å². The summed E-state index contributed by atoms with van der Waals surface area (Å²) >= 11 is 4.08. The Morgan fingerprint density at radius 2 is 0.714 bits per heavy atom. The SMILES string of the molecule is [Al][O][Al].[U].[U].[U].[U]. The van der Waals surface area contributed by atoms with E-state index >= 15 is 0 Å². The molecule has 4 radical (unpaired) electrons. The maximum absolute atomic E-state index is 4.08. The minimum Gasteiger partial charge on any atom is -0.663 e. The van der Waals surface area contributed by atoms with Gasteiger partial charge in [-0.2, -0.15) is 0 Å². The second-order valence-corrected chi connectivity index (χ2v) is 1.22. The van der Waals surface area contributed by atoms with Crippen molar-refractivity contribution in [3.05, 3.63) is 0 Å². The third-order valence-electron chi connectivity index (χ3n) is 0. The van der Waals surface area contributed by atoms with E-state index in [1.807, 2.05) is 33.2 Å². The summed E-state index contributed by atoms with van der Waals surface area (Å²) in [5.41, 5.74) is 0. The van der Waals surface area contributed by atoms with Gasteiger partial charge in [-0.25, -0.2) is 0 Å². The molecule has 0 N–H and O–H groups in total. The molecule has 0 fully saturated rings. The molecule has 0 saturated carbocycles. The van der Waals surface area contributed by atoms with Crippen molar-refractivity contribution in [1.29, 1.82) is 0 Å². The van der Waals surface area contributed by atoms with Crippen LogP contribution >= 0.6 is 0 Å². The van der Waals surface area contributed by atoms with Gasteiger partial charge in [0.1, 0.15) is 0 Å². The average Bonchev–Trinajstić information content (AvgIpc) is 0.918. The maximum atomic E-state index is 4.08. The van der Waals surface area contributed by atoms with E-state index in [1.165, 1.54) is 0 Å². The van der Waals surface area contributed by atoms with Gasteiger partial charge in [0.25, 0.3) is 0 Å². The van der Waals surface area contributed by atoms with Gasteiger partial charge in [0, 0.05) is 124 Å². The smallest absolute Gasteiger partial charge is 0.331 e. The maximum Gasteiger partial charge on any atom is 0.331 e. The van der Waals surface area contributed by atoms with Crippen molar-refractivity contribution < 1.29 is 127 Å². The summed E-state index contributed by atoms with van der Waals surface area (Å²) in [7, 11) is 0. The molecule has 0 atom stereocenters. The van der Waals surface area contributed by atoms with Gasteiger partial charge in [-0.15, -0.1) is 0 Å². The predicted molar refractivity (Wildman–Crippen MR) is 12.6 cm³/mol. The summed E-state index contributed by atoms with van der Waals surface area (Å²) < 4.78 is 4.08. The predicted octanol–water partition coefficient (Wildman–Crippen LogP) is -0.830. The van der Waals surface area contributed by atoms with Gasteiger partial charge in [0.2, 0.25) is 0 Å². The number of hydrogen-bond acceptors (Lipinski definition) is 1. The zero-order chi connectivity index (χ0) is 2.71. The minimum absolute atomic E-state index is 0. The Morgan fingerprint density at radius 1 is 0.714 bits per heavy atom. The van der Waals surface area contributed by atoms with E-state index in [-0.39, 0.29) is 124 Å². The standard InChI is InChI=1S/2Al.O.4U. The molecule has 0 spiro atoms. The van der Waals surface area contributed by atoms with Crippen molar-refractivity contribution in [3.8, 4) is 0 Å². The molecule has 0 unspecified atom stereocenters. The summed E-state index contributed by atoms with van der Waals surface area (Å²) in [5, 5.41) is 0. The van der Waals surface area contributed by atoms with Gasteiger partial charge in [-0.3, -0.25) is 0 Å². The normalized spacial score (nSPS) is 2.29. The van der Waals surface area contributed by atoms with Gasteiger partial charge in [-0.05, 0) is 0 Å². The van der Waals surface area contributed by atoms with Crippen LogP contribution in [-0.2, 0) is 2.84 Å². The second-order valence-electron chi connectivity index (χ2n) is 0.136. The van der Waals surface area contributed by atoms with E-state index in [2.05, 4.69) is 2.84 Å². The number of hydrogen-bond donors (Lipinski definition) is 0. The van der Waals surface area contributed by atoms with Crippen LogP contribution in [0.3, 0.4) is 0 Å². The van der Waals surface area contributed by atoms with Gasteiger partial charge in [-0.1, -0.05) is 0 Å². The van der Waals surface area contributed by atoms with E-state index in [0.29, 0.717) is 0 Å².